The lowest BCUT2D eigenvalue weighted by molar-refractivity contribution is 0.0819. The summed E-state index contributed by atoms with van der Waals surface area (Å²) in [5, 5.41) is 9.15. The Kier molecular flexibility index (Phi) is 4.03. The van der Waals surface area contributed by atoms with E-state index < -0.39 is 0 Å². The van der Waals surface area contributed by atoms with E-state index in [4.69, 9.17) is 10.00 Å². The van der Waals surface area contributed by atoms with Crippen LogP contribution in [0.4, 0.5) is 5.69 Å². The first-order valence-corrected chi connectivity index (χ1v) is 6.51. The van der Waals surface area contributed by atoms with Crippen LogP contribution in [0, 0.1) is 11.3 Å². The second-order valence-corrected chi connectivity index (χ2v) is 5.11. The van der Waals surface area contributed by atoms with Gasteiger partial charge in [-0.1, -0.05) is 15.9 Å². The number of anilines is 1. The zero-order valence-electron chi connectivity index (χ0n) is 9.82. The molecule has 1 aliphatic heterocycles. The molecule has 0 unspecified atom stereocenters. The summed E-state index contributed by atoms with van der Waals surface area (Å²) < 4.78 is 6.30. The molecule has 1 heterocycles. The molecule has 1 aromatic rings. The Balaban J connectivity index is 2.16. The normalized spacial score (nSPS) is 16.9. The molecule has 1 fully saturated rings. The molecule has 0 atom stereocenters. The van der Waals surface area contributed by atoms with E-state index in [1.807, 2.05) is 18.2 Å². The summed E-state index contributed by atoms with van der Waals surface area (Å²) in [5.74, 6) is 0. The number of nitrogens with zero attached hydrogens (tertiary/aromatic N) is 2. The van der Waals surface area contributed by atoms with Gasteiger partial charge >= 0.3 is 0 Å². The van der Waals surface area contributed by atoms with Gasteiger partial charge in [0.2, 0.25) is 0 Å². The fourth-order valence-corrected chi connectivity index (χ4v) is 2.57. The molecule has 0 N–H and O–H groups in total. The van der Waals surface area contributed by atoms with Gasteiger partial charge in [-0.05, 0) is 31.0 Å². The third kappa shape index (κ3) is 2.80. The molecule has 0 radical (unpaired) electrons. The van der Waals surface area contributed by atoms with Crippen LogP contribution in [0.1, 0.15) is 18.4 Å². The first-order valence-electron chi connectivity index (χ1n) is 5.72. The number of nitriles is 1. The van der Waals surface area contributed by atoms with Crippen molar-refractivity contribution in [2.45, 2.75) is 18.9 Å². The highest BCUT2D eigenvalue weighted by atomic mass is 79.9. The molecule has 0 saturated carbocycles. The summed E-state index contributed by atoms with van der Waals surface area (Å²) in [4.78, 5) is 2.26. The summed E-state index contributed by atoms with van der Waals surface area (Å²) in [7, 11) is 1.76. The lowest BCUT2D eigenvalue weighted by Crippen LogP contribution is -2.37. The quantitative estimate of drug-likeness (QED) is 0.841. The van der Waals surface area contributed by atoms with E-state index >= 15 is 0 Å². The van der Waals surface area contributed by atoms with E-state index in [0.29, 0.717) is 6.10 Å². The Bertz CT molecular complexity index is 434. The standard InChI is InChI=1S/C13H15BrN2O/c1-17-12-4-6-16(7-5-12)13-3-2-11(14)8-10(13)9-15/h2-3,8,12H,4-7H2,1H3. The van der Waals surface area contributed by atoms with Crippen molar-refractivity contribution in [1.82, 2.24) is 0 Å². The van der Waals surface area contributed by atoms with Gasteiger partial charge in [-0.3, -0.25) is 0 Å². The van der Waals surface area contributed by atoms with Crippen molar-refractivity contribution in [3.05, 3.63) is 28.2 Å². The number of hydrogen-bond donors (Lipinski definition) is 0. The monoisotopic (exact) mass is 294 g/mol. The third-order valence-corrected chi connectivity index (χ3v) is 3.69. The largest absolute Gasteiger partial charge is 0.381 e. The number of rotatable bonds is 2. The van der Waals surface area contributed by atoms with Gasteiger partial charge in [0.1, 0.15) is 6.07 Å². The molecule has 0 bridgehead atoms. The predicted molar refractivity (Wildman–Crippen MR) is 71.1 cm³/mol. The third-order valence-electron chi connectivity index (χ3n) is 3.20. The molecule has 90 valence electrons. The minimum absolute atomic E-state index is 0.368. The highest BCUT2D eigenvalue weighted by molar-refractivity contribution is 9.10. The van der Waals surface area contributed by atoms with E-state index in [9.17, 15) is 0 Å². The van der Waals surface area contributed by atoms with Crippen LogP contribution in [0.3, 0.4) is 0 Å². The smallest absolute Gasteiger partial charge is 0.101 e. The summed E-state index contributed by atoms with van der Waals surface area (Å²) in [5.41, 5.74) is 1.76. The number of ether oxygens (including phenoxy) is 1. The van der Waals surface area contributed by atoms with E-state index in [2.05, 4.69) is 26.9 Å². The number of hydrogen-bond acceptors (Lipinski definition) is 3. The van der Waals surface area contributed by atoms with Gasteiger partial charge in [0, 0.05) is 24.7 Å². The van der Waals surface area contributed by atoms with Crippen LogP contribution in [-0.4, -0.2) is 26.3 Å². The van der Waals surface area contributed by atoms with Gasteiger partial charge in [0.25, 0.3) is 0 Å². The van der Waals surface area contributed by atoms with Crippen molar-refractivity contribution in [3.63, 3.8) is 0 Å². The molecule has 1 aliphatic rings. The fourth-order valence-electron chi connectivity index (χ4n) is 2.21. The van der Waals surface area contributed by atoms with Crippen LogP contribution in [0.25, 0.3) is 0 Å². The Hall–Kier alpha value is -1.05. The Morgan fingerprint density at radius 2 is 2.12 bits per heavy atom. The van der Waals surface area contributed by atoms with Crippen LogP contribution >= 0.6 is 15.9 Å². The maximum absolute atomic E-state index is 9.15. The van der Waals surface area contributed by atoms with Crippen molar-refractivity contribution in [2.75, 3.05) is 25.1 Å². The van der Waals surface area contributed by atoms with Gasteiger partial charge in [0.05, 0.1) is 17.4 Å². The van der Waals surface area contributed by atoms with Gasteiger partial charge in [0.15, 0.2) is 0 Å². The minimum atomic E-state index is 0.368. The van der Waals surface area contributed by atoms with Crippen LogP contribution in [-0.2, 0) is 4.74 Å². The zero-order chi connectivity index (χ0) is 12.3. The molecule has 0 aromatic heterocycles. The summed E-state index contributed by atoms with van der Waals surface area (Å²) >= 11 is 3.39. The Morgan fingerprint density at radius 3 is 2.71 bits per heavy atom. The minimum Gasteiger partial charge on any atom is -0.381 e. The van der Waals surface area contributed by atoms with Gasteiger partial charge < -0.3 is 9.64 Å². The van der Waals surface area contributed by atoms with Crippen LogP contribution in [0.15, 0.2) is 22.7 Å². The van der Waals surface area contributed by atoms with E-state index in [-0.39, 0.29) is 0 Å². The molecule has 3 nitrogen and oxygen atoms in total. The van der Waals surface area contributed by atoms with Crippen molar-refractivity contribution in [2.24, 2.45) is 0 Å². The summed E-state index contributed by atoms with van der Waals surface area (Å²) in [6, 6.07) is 8.12. The van der Waals surface area contributed by atoms with E-state index in [1.54, 1.807) is 7.11 Å². The molecule has 4 heteroatoms. The van der Waals surface area contributed by atoms with Crippen molar-refractivity contribution in [3.8, 4) is 6.07 Å². The average Bonchev–Trinajstić information content (AvgIpc) is 2.39. The maximum Gasteiger partial charge on any atom is 0.101 e. The van der Waals surface area contributed by atoms with Crippen molar-refractivity contribution < 1.29 is 4.74 Å². The van der Waals surface area contributed by atoms with Gasteiger partial charge in [-0.15, -0.1) is 0 Å². The van der Waals surface area contributed by atoms with Crippen LogP contribution in [0.2, 0.25) is 0 Å². The molecular weight excluding hydrogens is 280 g/mol. The second kappa shape index (κ2) is 5.52. The molecule has 2 rings (SSSR count). The van der Waals surface area contributed by atoms with E-state index in [1.165, 1.54) is 0 Å². The Morgan fingerprint density at radius 1 is 1.41 bits per heavy atom. The van der Waals surface area contributed by atoms with Gasteiger partial charge in [-0.25, -0.2) is 0 Å². The SMILES string of the molecule is COC1CCN(c2ccc(Br)cc2C#N)CC1. The van der Waals surface area contributed by atoms with Crippen molar-refractivity contribution >= 4 is 21.6 Å². The topological polar surface area (TPSA) is 36.3 Å². The van der Waals surface area contributed by atoms with Gasteiger partial charge in [-0.2, -0.15) is 5.26 Å². The van der Waals surface area contributed by atoms with Crippen LogP contribution < -0.4 is 4.90 Å². The lowest BCUT2D eigenvalue weighted by atomic mass is 10.1. The molecule has 17 heavy (non-hydrogen) atoms. The van der Waals surface area contributed by atoms with Crippen molar-refractivity contribution in [1.29, 1.82) is 5.26 Å². The highest BCUT2D eigenvalue weighted by Crippen LogP contribution is 2.27. The molecule has 1 saturated heterocycles. The highest BCUT2D eigenvalue weighted by Gasteiger charge is 2.20. The maximum atomic E-state index is 9.15. The summed E-state index contributed by atoms with van der Waals surface area (Å²) in [6.07, 6.45) is 2.42. The number of methoxy groups -OCH3 is 1. The predicted octanol–water partition coefficient (Wildman–Crippen LogP) is 2.94. The number of piperidine rings is 1. The fraction of sp³-hybridized carbons (Fsp3) is 0.462. The number of halogens is 1. The summed E-state index contributed by atoms with van der Waals surface area (Å²) in [6.45, 7) is 1.91. The Labute approximate surface area is 110 Å². The molecule has 1 aromatic carbocycles. The zero-order valence-corrected chi connectivity index (χ0v) is 11.4. The molecular formula is C13H15BrN2O. The molecule has 0 spiro atoms. The first kappa shape index (κ1) is 12.4. The lowest BCUT2D eigenvalue weighted by Gasteiger charge is -2.33. The molecule has 0 amide bonds. The first-order chi connectivity index (χ1) is 8.24. The average molecular weight is 295 g/mol. The van der Waals surface area contributed by atoms with Crippen LogP contribution in [0.5, 0.6) is 0 Å². The van der Waals surface area contributed by atoms with E-state index in [0.717, 1.165) is 41.7 Å². The number of benzene rings is 1. The second-order valence-electron chi connectivity index (χ2n) is 4.20. The molecule has 0 aliphatic carbocycles.